The Labute approximate surface area is 217 Å². The molecule has 6 rings (SSSR count). The maximum absolute atomic E-state index is 6.40. The minimum Gasteiger partial charge on any atom is -0.456 e. The fraction of sp³-hybridized carbons (Fsp3) is 0.226. The van der Waals surface area contributed by atoms with E-state index in [-0.39, 0.29) is 0 Å². The molecule has 0 radical (unpaired) electrons. The molecule has 1 fully saturated rings. The van der Waals surface area contributed by atoms with Crippen LogP contribution >= 0.6 is 0 Å². The van der Waals surface area contributed by atoms with Gasteiger partial charge in [0.1, 0.15) is 11.0 Å². The number of furan rings is 1. The fourth-order valence-electron chi connectivity index (χ4n) is 4.79. The van der Waals surface area contributed by atoms with E-state index >= 15 is 0 Å². The summed E-state index contributed by atoms with van der Waals surface area (Å²) >= 11 is 0. The summed E-state index contributed by atoms with van der Waals surface area (Å²) in [7, 11) is -0.465. The topological polar surface area (TPSA) is 44.1 Å². The molecule has 0 aliphatic carbocycles. The van der Waals surface area contributed by atoms with Crippen LogP contribution in [0.25, 0.3) is 23.6 Å². The van der Waals surface area contributed by atoms with Gasteiger partial charge in [0.05, 0.1) is 22.6 Å². The first-order valence-electron chi connectivity index (χ1n) is 12.6. The fourth-order valence-corrected chi connectivity index (χ4v) is 4.79. The van der Waals surface area contributed by atoms with Gasteiger partial charge in [-0.3, -0.25) is 0 Å². The van der Waals surface area contributed by atoms with Crippen molar-refractivity contribution in [3.05, 3.63) is 83.4 Å². The first-order chi connectivity index (χ1) is 17.7. The van der Waals surface area contributed by atoms with Crippen molar-refractivity contribution >= 4 is 53.3 Å². The Balaban J connectivity index is 1.47. The van der Waals surface area contributed by atoms with Gasteiger partial charge < -0.3 is 23.4 Å². The summed E-state index contributed by atoms with van der Waals surface area (Å²) < 4.78 is 25.0. The van der Waals surface area contributed by atoms with Crippen LogP contribution in [0.5, 0.6) is 11.5 Å². The van der Waals surface area contributed by atoms with Crippen molar-refractivity contribution in [3.63, 3.8) is 0 Å². The molecule has 4 aromatic rings. The predicted octanol–water partition coefficient (Wildman–Crippen LogP) is 6.07. The Morgan fingerprint density at radius 2 is 1.59 bits per heavy atom. The molecule has 1 aromatic heterocycles. The molecule has 2 aliphatic rings. The molecular formula is C31H30BNO4. The number of rotatable bonds is 3. The number of anilines is 3. The SMILES string of the molecule is C=c1/c(=C\C=C/C)oc2ccc(N3c4ccccc4Oc4cc(B5OC(C)(C)C(C)(C)O5)ccc43)cc12. The van der Waals surface area contributed by atoms with E-state index in [4.69, 9.17) is 18.5 Å². The van der Waals surface area contributed by atoms with Crippen LogP contribution in [-0.2, 0) is 9.31 Å². The molecule has 2 aliphatic heterocycles. The number of allylic oxidation sites excluding steroid dienone is 2. The van der Waals surface area contributed by atoms with Gasteiger partial charge >= 0.3 is 7.12 Å². The lowest BCUT2D eigenvalue weighted by atomic mass is 9.79. The van der Waals surface area contributed by atoms with Gasteiger partial charge in [-0.25, -0.2) is 0 Å². The molecular weight excluding hydrogens is 461 g/mol. The van der Waals surface area contributed by atoms with Crippen LogP contribution in [0.15, 0.2) is 77.2 Å². The van der Waals surface area contributed by atoms with Gasteiger partial charge in [-0.15, -0.1) is 0 Å². The Hall–Kier alpha value is -3.74. The van der Waals surface area contributed by atoms with E-state index in [0.29, 0.717) is 0 Å². The molecule has 5 nitrogen and oxygen atoms in total. The maximum Gasteiger partial charge on any atom is 0.494 e. The molecule has 0 unspecified atom stereocenters. The monoisotopic (exact) mass is 491 g/mol. The Bertz CT molecular complexity index is 1650. The molecule has 0 N–H and O–H groups in total. The van der Waals surface area contributed by atoms with Gasteiger partial charge in [0.2, 0.25) is 0 Å². The van der Waals surface area contributed by atoms with Crippen molar-refractivity contribution in [3.8, 4) is 11.5 Å². The standard InChI is InChI=1S/C31H30BNO4/c1-7-8-12-26-20(2)23-19-22(15-17-27(23)34-26)33-24-11-9-10-13-28(24)35-29-18-21(14-16-25(29)33)32-36-30(3,4)31(5,6)37-32/h7-19H,2H2,1,3-6H3/b8-7-,26-12+. The van der Waals surface area contributed by atoms with E-state index in [0.717, 1.165) is 55.6 Å². The van der Waals surface area contributed by atoms with Crippen LogP contribution < -0.4 is 25.7 Å². The van der Waals surface area contributed by atoms with Gasteiger partial charge in [0, 0.05) is 16.3 Å². The highest BCUT2D eigenvalue weighted by Gasteiger charge is 2.52. The summed E-state index contributed by atoms with van der Waals surface area (Å²) in [4.78, 5) is 2.21. The lowest BCUT2D eigenvalue weighted by Gasteiger charge is -2.33. The minimum atomic E-state index is -0.465. The van der Waals surface area contributed by atoms with Gasteiger partial charge in [0.15, 0.2) is 11.5 Å². The third-order valence-corrected chi connectivity index (χ3v) is 7.58. The average Bonchev–Trinajstić information content (AvgIpc) is 3.31. The second-order valence-corrected chi connectivity index (χ2v) is 10.5. The van der Waals surface area contributed by atoms with Crippen molar-refractivity contribution in [2.24, 2.45) is 0 Å². The molecule has 3 aromatic carbocycles. The number of para-hydroxylation sites is 2. The second-order valence-electron chi connectivity index (χ2n) is 10.5. The number of hydrogen-bond acceptors (Lipinski definition) is 5. The maximum atomic E-state index is 6.40. The van der Waals surface area contributed by atoms with E-state index in [1.807, 2.05) is 55.5 Å². The number of hydrogen-bond donors (Lipinski definition) is 0. The zero-order valence-electron chi connectivity index (χ0n) is 21.9. The van der Waals surface area contributed by atoms with Crippen LogP contribution in [-0.4, -0.2) is 18.3 Å². The van der Waals surface area contributed by atoms with E-state index in [1.54, 1.807) is 0 Å². The lowest BCUT2D eigenvalue weighted by molar-refractivity contribution is 0.00578. The quantitative estimate of drug-likeness (QED) is 0.287. The van der Waals surface area contributed by atoms with Gasteiger partial charge in [-0.2, -0.15) is 0 Å². The number of fused-ring (bicyclic) bond motifs is 3. The third kappa shape index (κ3) is 3.79. The largest absolute Gasteiger partial charge is 0.494 e. The Morgan fingerprint density at radius 3 is 2.35 bits per heavy atom. The summed E-state index contributed by atoms with van der Waals surface area (Å²) in [6, 6.07) is 20.4. The molecule has 3 heterocycles. The van der Waals surface area contributed by atoms with Crippen LogP contribution in [0, 0.1) is 0 Å². The molecule has 0 amide bonds. The van der Waals surface area contributed by atoms with Crippen LogP contribution in [0.2, 0.25) is 0 Å². The highest BCUT2D eigenvalue weighted by Crippen LogP contribution is 2.50. The van der Waals surface area contributed by atoms with Gasteiger partial charge in [-0.1, -0.05) is 36.9 Å². The molecule has 0 bridgehead atoms. The van der Waals surface area contributed by atoms with E-state index in [1.165, 1.54) is 0 Å². The smallest absolute Gasteiger partial charge is 0.456 e. The van der Waals surface area contributed by atoms with Crippen LogP contribution in [0.1, 0.15) is 34.6 Å². The number of benzene rings is 3. The molecule has 186 valence electrons. The zero-order valence-corrected chi connectivity index (χ0v) is 21.9. The molecule has 37 heavy (non-hydrogen) atoms. The molecule has 0 spiro atoms. The minimum absolute atomic E-state index is 0.415. The normalized spacial score (nSPS) is 18.4. The van der Waals surface area contributed by atoms with Crippen LogP contribution in [0.3, 0.4) is 0 Å². The third-order valence-electron chi connectivity index (χ3n) is 7.58. The summed E-state index contributed by atoms with van der Waals surface area (Å²) in [5, 5.41) is 1.85. The molecule has 0 saturated carbocycles. The summed E-state index contributed by atoms with van der Waals surface area (Å²) in [6.07, 6.45) is 5.87. The summed E-state index contributed by atoms with van der Waals surface area (Å²) in [6.45, 7) is 14.5. The van der Waals surface area contributed by atoms with Gasteiger partial charge in [-0.05, 0) is 88.6 Å². The predicted molar refractivity (Wildman–Crippen MR) is 151 cm³/mol. The molecule has 6 heteroatoms. The second kappa shape index (κ2) is 8.40. The average molecular weight is 491 g/mol. The zero-order chi connectivity index (χ0) is 25.9. The molecule has 0 atom stereocenters. The summed E-state index contributed by atoms with van der Waals surface area (Å²) in [5.74, 6) is 1.53. The van der Waals surface area contributed by atoms with Crippen molar-refractivity contribution in [1.29, 1.82) is 0 Å². The van der Waals surface area contributed by atoms with Crippen molar-refractivity contribution in [2.45, 2.75) is 45.8 Å². The van der Waals surface area contributed by atoms with E-state index in [9.17, 15) is 0 Å². The highest BCUT2D eigenvalue weighted by atomic mass is 16.7. The van der Waals surface area contributed by atoms with Crippen molar-refractivity contribution in [2.75, 3.05) is 4.90 Å². The first-order valence-corrected chi connectivity index (χ1v) is 12.6. The Kier molecular flexibility index (Phi) is 5.37. The van der Waals surface area contributed by atoms with E-state index in [2.05, 4.69) is 69.5 Å². The van der Waals surface area contributed by atoms with E-state index < -0.39 is 18.3 Å². The Morgan fingerprint density at radius 1 is 0.865 bits per heavy atom. The van der Waals surface area contributed by atoms with Gasteiger partial charge in [0.25, 0.3) is 0 Å². The van der Waals surface area contributed by atoms with Crippen molar-refractivity contribution in [1.82, 2.24) is 0 Å². The molecule has 1 saturated heterocycles. The van der Waals surface area contributed by atoms with Crippen molar-refractivity contribution < 1.29 is 18.5 Å². The summed E-state index contributed by atoms with van der Waals surface area (Å²) in [5.41, 5.74) is 4.56. The number of nitrogens with zero attached hydrogens (tertiary/aromatic N) is 1. The first kappa shape index (κ1) is 23.7. The number of ether oxygens (including phenoxy) is 1. The van der Waals surface area contributed by atoms with Crippen LogP contribution in [0.4, 0.5) is 17.1 Å². The highest BCUT2D eigenvalue weighted by molar-refractivity contribution is 6.62. The lowest BCUT2D eigenvalue weighted by Crippen LogP contribution is -2.41.